The van der Waals surface area contributed by atoms with E-state index in [1.165, 1.54) is 36.2 Å². The molecule has 3 aromatic rings. The average Bonchev–Trinajstić information content (AvgIpc) is 3.34. The van der Waals surface area contributed by atoms with Gasteiger partial charge in [-0.15, -0.1) is 11.3 Å². The lowest BCUT2D eigenvalue weighted by atomic mass is 9.82. The molecule has 2 fully saturated rings. The molecule has 1 amide bonds. The number of piperazine rings is 1. The Morgan fingerprint density at radius 3 is 2.37 bits per heavy atom. The van der Waals surface area contributed by atoms with E-state index >= 15 is 0 Å². The number of carboxylic acid groups (broad SMARTS) is 1. The van der Waals surface area contributed by atoms with E-state index in [0.717, 1.165) is 35.6 Å². The van der Waals surface area contributed by atoms with Crippen LogP contribution in [0.4, 0.5) is 5.69 Å². The molecule has 1 saturated heterocycles. The predicted molar refractivity (Wildman–Crippen MR) is 144 cm³/mol. The van der Waals surface area contributed by atoms with E-state index in [9.17, 15) is 14.7 Å². The number of carbonyl (C=O) groups excluding carboxylic acids is 1. The van der Waals surface area contributed by atoms with Crippen LogP contribution in [0, 0.1) is 5.92 Å². The first-order valence-electron chi connectivity index (χ1n) is 12.3. The largest absolute Gasteiger partial charge is 0.477 e. The summed E-state index contributed by atoms with van der Waals surface area (Å²) in [4.78, 5) is 28.9. The van der Waals surface area contributed by atoms with Gasteiger partial charge in [-0.2, -0.15) is 0 Å². The molecule has 182 valence electrons. The number of aromatic carboxylic acids is 1. The zero-order valence-electron chi connectivity index (χ0n) is 19.6. The van der Waals surface area contributed by atoms with Gasteiger partial charge in [-0.3, -0.25) is 4.79 Å². The van der Waals surface area contributed by atoms with Crippen LogP contribution in [0.2, 0.25) is 0 Å². The number of amides is 1. The van der Waals surface area contributed by atoms with E-state index in [1.807, 2.05) is 59.5 Å². The smallest absolute Gasteiger partial charge is 0.348 e. The van der Waals surface area contributed by atoms with Gasteiger partial charge < -0.3 is 10.0 Å². The molecule has 7 heteroatoms. The summed E-state index contributed by atoms with van der Waals surface area (Å²) in [5, 5.41) is 10.1. The van der Waals surface area contributed by atoms with Crippen LogP contribution in [0.5, 0.6) is 0 Å². The highest BCUT2D eigenvalue weighted by Crippen LogP contribution is 2.42. The summed E-state index contributed by atoms with van der Waals surface area (Å²) >= 11 is 2.97. The Bertz CT molecular complexity index is 1160. The van der Waals surface area contributed by atoms with E-state index in [4.69, 9.17) is 0 Å². The summed E-state index contributed by atoms with van der Waals surface area (Å²) < 4.78 is 2.19. The Labute approximate surface area is 214 Å². The van der Waals surface area contributed by atoms with Crippen molar-refractivity contribution in [2.75, 3.05) is 18.0 Å². The van der Waals surface area contributed by atoms with Crippen molar-refractivity contribution in [3.63, 3.8) is 0 Å². The Balaban J connectivity index is 1.45. The van der Waals surface area contributed by atoms with Gasteiger partial charge in [0.25, 0.3) is 0 Å². The highest BCUT2D eigenvalue weighted by Gasteiger charge is 2.41. The zero-order chi connectivity index (χ0) is 24.2. The van der Waals surface area contributed by atoms with Gasteiger partial charge in [0.05, 0.1) is 18.3 Å². The van der Waals surface area contributed by atoms with Gasteiger partial charge in [-0.25, -0.2) is 9.10 Å². The molecule has 2 aromatic carbocycles. The van der Waals surface area contributed by atoms with Gasteiger partial charge in [-0.05, 0) is 36.0 Å². The number of anilines is 1. The minimum Gasteiger partial charge on any atom is -0.477 e. The third kappa shape index (κ3) is 5.47. The molecule has 5 nitrogen and oxygen atoms in total. The van der Waals surface area contributed by atoms with Gasteiger partial charge in [0.1, 0.15) is 4.88 Å². The highest BCUT2D eigenvalue weighted by atomic mass is 32.2. The molecular weight excluding hydrogens is 476 g/mol. The second-order valence-corrected chi connectivity index (χ2v) is 11.4. The van der Waals surface area contributed by atoms with Crippen LogP contribution in [0.15, 0.2) is 66.7 Å². The van der Waals surface area contributed by atoms with Crippen LogP contribution < -0.4 is 4.90 Å². The molecule has 1 saturated carbocycles. The Morgan fingerprint density at radius 2 is 1.69 bits per heavy atom. The molecule has 1 aliphatic carbocycles. The van der Waals surface area contributed by atoms with E-state index in [1.54, 1.807) is 11.9 Å². The number of rotatable bonds is 7. The molecular formula is C28H30N2O3S2. The molecule has 1 N–H and O–H groups in total. The second-order valence-electron chi connectivity index (χ2n) is 9.31. The standard InChI is InChI=1S/C28H30N2O3S2/c31-26-18-29(34-19-20-10-4-1-5-11-20)17-24(21-12-6-2-7-13-21)30(26)23-16-25(35-27(23)28(32)33)22-14-8-3-9-15-22/h1,3-5,8-11,14-16,21,24H,2,6-7,12-13,17-19H2,(H,32,33). The van der Waals surface area contributed by atoms with Crippen molar-refractivity contribution < 1.29 is 14.7 Å². The fourth-order valence-corrected chi connectivity index (χ4v) is 7.23. The molecule has 2 aliphatic rings. The maximum absolute atomic E-state index is 13.7. The maximum atomic E-state index is 13.7. The van der Waals surface area contributed by atoms with Crippen LogP contribution in [-0.2, 0) is 10.5 Å². The van der Waals surface area contributed by atoms with Gasteiger partial charge in [0.15, 0.2) is 0 Å². The molecule has 1 atom stereocenters. The molecule has 2 heterocycles. The average molecular weight is 507 g/mol. The summed E-state index contributed by atoms with van der Waals surface area (Å²) in [5.74, 6) is 0.229. The molecule has 35 heavy (non-hydrogen) atoms. The van der Waals surface area contributed by atoms with Crippen LogP contribution in [0.25, 0.3) is 10.4 Å². The van der Waals surface area contributed by atoms with Crippen molar-refractivity contribution >= 4 is 40.8 Å². The first-order chi connectivity index (χ1) is 17.1. The fraction of sp³-hybridized carbons (Fsp3) is 0.357. The number of carbonyl (C=O) groups is 2. The van der Waals surface area contributed by atoms with Crippen molar-refractivity contribution in [3.05, 3.63) is 77.2 Å². The molecule has 0 bridgehead atoms. The van der Waals surface area contributed by atoms with Crippen molar-refractivity contribution in [1.82, 2.24) is 4.31 Å². The SMILES string of the molecule is O=C(O)c1sc(-c2ccccc2)cc1N1C(=O)CN(SCc2ccccc2)CC1C1CCCCC1. The van der Waals surface area contributed by atoms with Crippen LogP contribution in [0.1, 0.15) is 47.3 Å². The topological polar surface area (TPSA) is 60.9 Å². The summed E-state index contributed by atoms with van der Waals surface area (Å²) in [6, 6.07) is 22.0. The molecule has 5 rings (SSSR count). The first kappa shape index (κ1) is 24.1. The Hall–Kier alpha value is -2.61. The Morgan fingerprint density at radius 1 is 1.00 bits per heavy atom. The number of carboxylic acids is 1. The van der Waals surface area contributed by atoms with Crippen molar-refractivity contribution in [2.24, 2.45) is 5.92 Å². The fourth-order valence-electron chi connectivity index (χ4n) is 5.26. The number of hydrogen-bond acceptors (Lipinski definition) is 5. The molecule has 0 spiro atoms. The van der Waals surface area contributed by atoms with Gasteiger partial charge >= 0.3 is 5.97 Å². The number of thiophene rings is 1. The monoisotopic (exact) mass is 506 g/mol. The molecule has 1 unspecified atom stereocenters. The normalized spacial score (nSPS) is 19.7. The van der Waals surface area contributed by atoms with E-state index in [-0.39, 0.29) is 23.4 Å². The minimum atomic E-state index is -0.969. The molecule has 1 aromatic heterocycles. The van der Waals surface area contributed by atoms with Crippen molar-refractivity contribution in [3.8, 4) is 10.4 Å². The second kappa shape index (κ2) is 11.0. The van der Waals surface area contributed by atoms with Crippen LogP contribution in [-0.4, -0.2) is 40.4 Å². The summed E-state index contributed by atoms with van der Waals surface area (Å²) in [6.45, 7) is 1.04. The minimum absolute atomic E-state index is 0.00713. The lowest BCUT2D eigenvalue weighted by Crippen LogP contribution is -2.58. The third-order valence-electron chi connectivity index (χ3n) is 6.98. The van der Waals surface area contributed by atoms with Crippen LogP contribution >= 0.6 is 23.3 Å². The number of nitrogens with zero attached hydrogens (tertiary/aromatic N) is 2. The van der Waals surface area contributed by atoms with Crippen LogP contribution in [0.3, 0.4) is 0 Å². The Kier molecular flexibility index (Phi) is 7.56. The van der Waals surface area contributed by atoms with Crippen molar-refractivity contribution in [2.45, 2.75) is 43.9 Å². The summed E-state index contributed by atoms with van der Waals surface area (Å²) in [7, 11) is 0. The van der Waals surface area contributed by atoms with Crippen molar-refractivity contribution in [1.29, 1.82) is 0 Å². The number of benzene rings is 2. The lowest BCUT2D eigenvalue weighted by Gasteiger charge is -2.45. The maximum Gasteiger partial charge on any atom is 0.348 e. The first-order valence-corrected chi connectivity index (χ1v) is 14.0. The lowest BCUT2D eigenvalue weighted by molar-refractivity contribution is -0.121. The highest BCUT2D eigenvalue weighted by molar-refractivity contribution is 7.96. The molecule has 1 aliphatic heterocycles. The van der Waals surface area contributed by atoms with E-state index in [2.05, 4.69) is 16.4 Å². The predicted octanol–water partition coefficient (Wildman–Crippen LogP) is 6.56. The van der Waals surface area contributed by atoms with Gasteiger partial charge in [-0.1, -0.05) is 91.9 Å². The van der Waals surface area contributed by atoms with E-state index < -0.39 is 5.97 Å². The molecule has 0 radical (unpaired) electrons. The third-order valence-corrected chi connectivity index (χ3v) is 9.24. The summed E-state index contributed by atoms with van der Waals surface area (Å²) in [6.07, 6.45) is 5.75. The number of hydrogen-bond donors (Lipinski definition) is 1. The quantitative estimate of drug-likeness (QED) is 0.368. The van der Waals surface area contributed by atoms with E-state index in [0.29, 0.717) is 11.6 Å². The van der Waals surface area contributed by atoms with Gasteiger partial charge in [0.2, 0.25) is 5.91 Å². The summed E-state index contributed by atoms with van der Waals surface area (Å²) in [5.41, 5.74) is 2.78. The zero-order valence-corrected chi connectivity index (χ0v) is 21.3. The van der Waals surface area contributed by atoms with Gasteiger partial charge in [0, 0.05) is 17.2 Å².